The van der Waals surface area contributed by atoms with Crippen LogP contribution in [0.5, 0.6) is 5.75 Å². The van der Waals surface area contributed by atoms with E-state index in [0.29, 0.717) is 6.61 Å². The van der Waals surface area contributed by atoms with Crippen molar-refractivity contribution in [3.05, 3.63) is 45.6 Å². The van der Waals surface area contributed by atoms with Gasteiger partial charge in [0.1, 0.15) is 12.4 Å². The smallest absolute Gasteiger partial charge is 0.119 e. The first-order valence-electron chi connectivity index (χ1n) is 7.22. The summed E-state index contributed by atoms with van der Waals surface area (Å²) in [5.74, 6) is 0.921. The molecule has 4 heteroatoms. The van der Waals surface area contributed by atoms with Crippen LogP contribution in [0.4, 0.5) is 5.69 Å². The van der Waals surface area contributed by atoms with Gasteiger partial charge in [-0.05, 0) is 63.8 Å². The molecular weight excluding hydrogens is 280 g/mol. The molecule has 21 heavy (non-hydrogen) atoms. The predicted molar refractivity (Wildman–Crippen MR) is 91.6 cm³/mol. The van der Waals surface area contributed by atoms with E-state index in [1.54, 1.807) is 0 Å². The largest absolute Gasteiger partial charge is 0.492 e. The second-order valence-corrected chi connectivity index (χ2v) is 6.93. The number of anilines is 1. The molecule has 0 spiro atoms. The van der Waals surface area contributed by atoms with Crippen LogP contribution in [-0.4, -0.2) is 32.1 Å². The lowest BCUT2D eigenvalue weighted by Gasteiger charge is -2.11. The first kappa shape index (κ1) is 15.9. The Morgan fingerprint density at radius 3 is 2.43 bits per heavy atom. The van der Waals surface area contributed by atoms with E-state index in [0.717, 1.165) is 24.5 Å². The quantitative estimate of drug-likeness (QED) is 0.839. The number of benzene rings is 1. The first-order valence-corrected chi connectivity index (χ1v) is 8.03. The second-order valence-electron chi connectivity index (χ2n) is 5.47. The Labute approximate surface area is 131 Å². The summed E-state index contributed by atoms with van der Waals surface area (Å²) < 4.78 is 5.69. The Morgan fingerprint density at radius 2 is 1.86 bits per heavy atom. The maximum atomic E-state index is 5.69. The van der Waals surface area contributed by atoms with Crippen molar-refractivity contribution in [1.29, 1.82) is 0 Å². The summed E-state index contributed by atoms with van der Waals surface area (Å²) in [7, 11) is 4.09. The summed E-state index contributed by atoms with van der Waals surface area (Å²) in [6.07, 6.45) is 0. The van der Waals surface area contributed by atoms with Gasteiger partial charge in [-0.3, -0.25) is 0 Å². The third-order valence-electron chi connectivity index (χ3n) is 3.29. The van der Waals surface area contributed by atoms with Crippen molar-refractivity contribution in [3.63, 3.8) is 0 Å². The number of ether oxygens (including phenoxy) is 1. The molecular formula is C17H24N2OS. The van der Waals surface area contributed by atoms with Crippen LogP contribution >= 0.6 is 11.3 Å². The minimum Gasteiger partial charge on any atom is -0.492 e. The second kappa shape index (κ2) is 7.48. The van der Waals surface area contributed by atoms with Gasteiger partial charge in [0, 0.05) is 28.5 Å². The maximum absolute atomic E-state index is 5.69. The van der Waals surface area contributed by atoms with Gasteiger partial charge in [0.2, 0.25) is 0 Å². The number of likely N-dealkylation sites (N-methyl/N-ethyl adjacent to an activating group) is 1. The number of hydrogen-bond donors (Lipinski definition) is 1. The molecule has 1 N–H and O–H groups in total. The van der Waals surface area contributed by atoms with Gasteiger partial charge >= 0.3 is 0 Å². The molecule has 0 radical (unpaired) electrons. The summed E-state index contributed by atoms with van der Waals surface area (Å²) in [5.41, 5.74) is 2.50. The molecule has 0 amide bonds. The van der Waals surface area contributed by atoms with Gasteiger partial charge in [-0.15, -0.1) is 11.3 Å². The van der Waals surface area contributed by atoms with E-state index in [4.69, 9.17) is 4.74 Å². The van der Waals surface area contributed by atoms with E-state index in [-0.39, 0.29) is 0 Å². The van der Waals surface area contributed by atoms with Crippen molar-refractivity contribution in [2.24, 2.45) is 0 Å². The van der Waals surface area contributed by atoms with E-state index in [1.807, 2.05) is 37.6 Å². The number of aryl methyl sites for hydroxylation is 2. The van der Waals surface area contributed by atoms with E-state index in [1.165, 1.54) is 15.3 Å². The molecule has 0 saturated carbocycles. The molecule has 3 nitrogen and oxygen atoms in total. The van der Waals surface area contributed by atoms with Crippen LogP contribution in [0.1, 0.15) is 15.3 Å². The molecule has 1 aromatic carbocycles. The lowest BCUT2D eigenvalue weighted by Crippen LogP contribution is -2.19. The highest BCUT2D eigenvalue weighted by Gasteiger charge is 2.02. The van der Waals surface area contributed by atoms with E-state index in [9.17, 15) is 0 Å². The molecule has 2 rings (SSSR count). The van der Waals surface area contributed by atoms with Gasteiger partial charge in [-0.2, -0.15) is 0 Å². The zero-order valence-corrected chi connectivity index (χ0v) is 14.1. The molecule has 0 saturated heterocycles. The number of thiophene rings is 1. The monoisotopic (exact) mass is 304 g/mol. The molecule has 114 valence electrons. The van der Waals surface area contributed by atoms with Gasteiger partial charge in [0.25, 0.3) is 0 Å². The van der Waals surface area contributed by atoms with Gasteiger partial charge in [-0.25, -0.2) is 0 Å². The Morgan fingerprint density at radius 1 is 1.14 bits per heavy atom. The average molecular weight is 304 g/mol. The van der Waals surface area contributed by atoms with Crippen LogP contribution in [0.25, 0.3) is 0 Å². The third kappa shape index (κ3) is 5.06. The van der Waals surface area contributed by atoms with E-state index in [2.05, 4.69) is 42.3 Å². The van der Waals surface area contributed by atoms with Crippen molar-refractivity contribution in [3.8, 4) is 5.75 Å². The third-order valence-corrected chi connectivity index (χ3v) is 4.30. The minimum absolute atomic E-state index is 0.715. The molecule has 0 atom stereocenters. The number of rotatable bonds is 7. The Bertz CT molecular complexity index is 561. The fraction of sp³-hybridized carbons (Fsp3) is 0.412. The molecule has 0 unspecified atom stereocenters. The van der Waals surface area contributed by atoms with Crippen LogP contribution in [0.2, 0.25) is 0 Å². The summed E-state index contributed by atoms with van der Waals surface area (Å²) in [6.45, 7) is 6.85. The summed E-state index contributed by atoms with van der Waals surface area (Å²) in [4.78, 5) is 4.87. The molecule has 0 bridgehead atoms. The lowest BCUT2D eigenvalue weighted by atomic mass is 10.2. The zero-order chi connectivity index (χ0) is 15.2. The fourth-order valence-electron chi connectivity index (χ4n) is 2.07. The topological polar surface area (TPSA) is 24.5 Å². The van der Waals surface area contributed by atoms with Gasteiger partial charge < -0.3 is 15.0 Å². The molecule has 2 aromatic rings. The summed E-state index contributed by atoms with van der Waals surface area (Å²) in [5, 5.41) is 3.46. The Hall–Kier alpha value is -1.52. The summed E-state index contributed by atoms with van der Waals surface area (Å²) in [6, 6.07) is 10.4. The van der Waals surface area contributed by atoms with Crippen molar-refractivity contribution in [1.82, 2.24) is 4.90 Å². The van der Waals surface area contributed by atoms with Crippen molar-refractivity contribution in [2.45, 2.75) is 20.4 Å². The first-order chi connectivity index (χ1) is 10.0. The number of hydrogen-bond acceptors (Lipinski definition) is 4. The standard InChI is InChI=1S/C17H24N2OS/c1-13-11-15(14(2)21-13)12-18-16-5-7-17(8-6-16)20-10-9-19(3)4/h5-8,11,18H,9-10,12H2,1-4H3. The van der Waals surface area contributed by atoms with E-state index >= 15 is 0 Å². The Kier molecular flexibility index (Phi) is 5.65. The maximum Gasteiger partial charge on any atom is 0.119 e. The van der Waals surface area contributed by atoms with E-state index < -0.39 is 0 Å². The predicted octanol–water partition coefficient (Wildman–Crippen LogP) is 3.92. The van der Waals surface area contributed by atoms with Crippen LogP contribution in [0.3, 0.4) is 0 Å². The fourth-order valence-corrected chi connectivity index (χ4v) is 3.02. The normalized spacial score (nSPS) is 10.9. The van der Waals surface area contributed by atoms with Crippen molar-refractivity contribution in [2.75, 3.05) is 32.6 Å². The molecule has 0 aliphatic heterocycles. The highest BCUT2D eigenvalue weighted by molar-refractivity contribution is 7.12. The van der Waals surface area contributed by atoms with Crippen LogP contribution < -0.4 is 10.1 Å². The Balaban J connectivity index is 1.83. The molecule has 0 aliphatic rings. The zero-order valence-electron chi connectivity index (χ0n) is 13.3. The van der Waals surface area contributed by atoms with Gasteiger partial charge in [0.05, 0.1) is 0 Å². The van der Waals surface area contributed by atoms with Crippen molar-refractivity contribution < 1.29 is 4.74 Å². The molecule has 0 aliphatic carbocycles. The summed E-state index contributed by atoms with van der Waals surface area (Å²) >= 11 is 1.85. The van der Waals surface area contributed by atoms with Crippen molar-refractivity contribution >= 4 is 17.0 Å². The molecule has 0 fully saturated rings. The average Bonchev–Trinajstić information content (AvgIpc) is 2.76. The lowest BCUT2D eigenvalue weighted by molar-refractivity contribution is 0.261. The van der Waals surface area contributed by atoms with Crippen LogP contribution in [-0.2, 0) is 6.54 Å². The number of nitrogens with one attached hydrogen (secondary N) is 1. The molecule has 1 aromatic heterocycles. The highest BCUT2D eigenvalue weighted by Crippen LogP contribution is 2.22. The van der Waals surface area contributed by atoms with Crippen LogP contribution in [0.15, 0.2) is 30.3 Å². The minimum atomic E-state index is 0.715. The van der Waals surface area contributed by atoms with Gasteiger partial charge in [0.15, 0.2) is 0 Å². The number of nitrogens with zero attached hydrogens (tertiary/aromatic N) is 1. The van der Waals surface area contributed by atoms with Crippen LogP contribution in [0, 0.1) is 13.8 Å². The molecule has 1 heterocycles. The SMILES string of the molecule is Cc1cc(CNc2ccc(OCCN(C)C)cc2)c(C)s1. The highest BCUT2D eigenvalue weighted by atomic mass is 32.1. The van der Waals surface area contributed by atoms with Gasteiger partial charge in [-0.1, -0.05) is 0 Å².